The Labute approximate surface area is 91.6 Å². The van der Waals surface area contributed by atoms with Gasteiger partial charge in [0.25, 0.3) is 5.69 Å². The van der Waals surface area contributed by atoms with E-state index in [1.165, 1.54) is 12.1 Å². The van der Waals surface area contributed by atoms with Gasteiger partial charge < -0.3 is 0 Å². The van der Waals surface area contributed by atoms with Gasteiger partial charge in [0.05, 0.1) is 10.5 Å². The monoisotopic (exact) mass is 306 g/mol. The maximum Gasteiger partial charge on any atom is 0.317 e. The molecule has 0 heterocycles. The van der Waals surface area contributed by atoms with Crippen LogP contribution < -0.4 is 0 Å². The molecule has 0 N–H and O–H groups in total. The first-order chi connectivity index (χ1) is 6.54. The molecule has 7 heteroatoms. The van der Waals surface area contributed by atoms with Crippen LogP contribution in [-0.2, 0) is 0 Å². The number of hydrogen-bond acceptors (Lipinski definition) is 4. The van der Waals surface area contributed by atoms with Crippen molar-refractivity contribution in [3.05, 3.63) is 42.4 Å². The summed E-state index contributed by atoms with van der Waals surface area (Å²) in [6.45, 7) is 0. The highest BCUT2D eigenvalue weighted by Crippen LogP contribution is 2.19. The Morgan fingerprint density at radius 3 is 2.57 bits per heavy atom. The van der Waals surface area contributed by atoms with E-state index in [1.54, 1.807) is 0 Å². The van der Waals surface area contributed by atoms with Gasteiger partial charge in [-0.25, -0.2) is 0 Å². The first-order valence-corrected chi connectivity index (χ1v) is 4.45. The summed E-state index contributed by atoms with van der Waals surface area (Å²) in [7, 11) is 0. The van der Waals surface area contributed by atoms with Crippen molar-refractivity contribution in [3.8, 4) is 0 Å². The standard InChI is InChI=1S/C7H3IN2O4/c8-5-1-4(7(11)9-12)2-6(3-5)10(13)14/h1-3H. The van der Waals surface area contributed by atoms with Gasteiger partial charge in [0.15, 0.2) is 0 Å². The van der Waals surface area contributed by atoms with Crippen molar-refractivity contribution in [2.75, 3.05) is 0 Å². The van der Waals surface area contributed by atoms with Crippen LogP contribution in [0.5, 0.6) is 0 Å². The molecule has 0 atom stereocenters. The maximum atomic E-state index is 10.8. The van der Waals surface area contributed by atoms with Gasteiger partial charge in [0, 0.05) is 20.9 Å². The number of carbonyl (C=O) groups excluding carboxylic acids is 1. The summed E-state index contributed by atoms with van der Waals surface area (Å²) in [6.07, 6.45) is 0. The summed E-state index contributed by atoms with van der Waals surface area (Å²) in [5, 5.41) is 12.6. The molecular formula is C7H3IN2O4. The van der Waals surface area contributed by atoms with Crippen LogP contribution in [0.4, 0.5) is 5.69 Å². The van der Waals surface area contributed by atoms with Gasteiger partial charge in [0.1, 0.15) is 0 Å². The van der Waals surface area contributed by atoms with Crippen LogP contribution in [0.2, 0.25) is 0 Å². The third-order valence-electron chi connectivity index (χ3n) is 1.42. The van der Waals surface area contributed by atoms with E-state index >= 15 is 0 Å². The lowest BCUT2D eigenvalue weighted by molar-refractivity contribution is -0.385. The van der Waals surface area contributed by atoms with Crippen molar-refractivity contribution in [1.29, 1.82) is 0 Å². The van der Waals surface area contributed by atoms with Gasteiger partial charge in [-0.15, -0.1) is 4.91 Å². The van der Waals surface area contributed by atoms with Crippen LogP contribution in [-0.4, -0.2) is 10.8 Å². The van der Waals surface area contributed by atoms with Gasteiger partial charge in [-0.1, -0.05) is 0 Å². The summed E-state index contributed by atoms with van der Waals surface area (Å²) < 4.78 is 0.504. The molecule has 0 aliphatic rings. The Morgan fingerprint density at radius 2 is 2.07 bits per heavy atom. The molecule has 0 fully saturated rings. The number of hydrogen-bond donors (Lipinski definition) is 0. The minimum atomic E-state index is -1.01. The van der Waals surface area contributed by atoms with Crippen LogP contribution in [0.15, 0.2) is 23.4 Å². The summed E-state index contributed by atoms with van der Waals surface area (Å²) >= 11 is 1.81. The number of nitro benzene ring substituents is 1. The number of benzene rings is 1. The zero-order valence-corrected chi connectivity index (χ0v) is 8.79. The van der Waals surface area contributed by atoms with Crippen LogP contribution in [0.1, 0.15) is 10.4 Å². The average molecular weight is 306 g/mol. The second-order valence-electron chi connectivity index (χ2n) is 2.35. The van der Waals surface area contributed by atoms with Gasteiger partial charge in [-0.2, -0.15) is 0 Å². The summed E-state index contributed by atoms with van der Waals surface area (Å²) in [4.78, 5) is 30.5. The molecule has 0 saturated carbocycles. The molecule has 0 saturated heterocycles. The molecule has 14 heavy (non-hydrogen) atoms. The molecule has 1 amide bonds. The SMILES string of the molecule is O=NC(=O)c1cc(I)cc([N+](=O)[O-])c1. The van der Waals surface area contributed by atoms with Crippen molar-refractivity contribution in [1.82, 2.24) is 0 Å². The van der Waals surface area contributed by atoms with Crippen molar-refractivity contribution in [2.24, 2.45) is 5.18 Å². The Morgan fingerprint density at radius 1 is 1.43 bits per heavy atom. The molecule has 1 aromatic carbocycles. The molecule has 0 unspecified atom stereocenters. The highest BCUT2D eigenvalue weighted by atomic mass is 127. The molecular weight excluding hydrogens is 303 g/mol. The van der Waals surface area contributed by atoms with E-state index in [0.717, 1.165) is 6.07 Å². The molecule has 0 bridgehead atoms. The quantitative estimate of drug-likeness (QED) is 0.362. The molecule has 0 spiro atoms. The van der Waals surface area contributed by atoms with E-state index in [2.05, 4.69) is 5.18 Å². The van der Waals surface area contributed by atoms with E-state index in [1.807, 2.05) is 22.6 Å². The van der Waals surface area contributed by atoms with Crippen molar-refractivity contribution < 1.29 is 9.72 Å². The molecule has 72 valence electrons. The first-order valence-electron chi connectivity index (χ1n) is 3.37. The van der Waals surface area contributed by atoms with Gasteiger partial charge in [-0.3, -0.25) is 14.9 Å². The fourth-order valence-corrected chi connectivity index (χ4v) is 1.51. The van der Waals surface area contributed by atoms with E-state index in [-0.39, 0.29) is 11.3 Å². The zero-order chi connectivity index (χ0) is 10.7. The average Bonchev–Trinajstić information content (AvgIpc) is 2.15. The summed E-state index contributed by atoms with van der Waals surface area (Å²) in [5.41, 5.74) is -0.303. The smallest absolute Gasteiger partial charge is 0.263 e. The fraction of sp³-hybridized carbons (Fsp3) is 0. The normalized spacial score (nSPS) is 9.50. The first kappa shape index (κ1) is 10.7. The van der Waals surface area contributed by atoms with E-state index in [4.69, 9.17) is 0 Å². The molecule has 0 aromatic heterocycles. The third-order valence-corrected chi connectivity index (χ3v) is 2.05. The predicted molar refractivity (Wildman–Crippen MR) is 55.9 cm³/mol. The van der Waals surface area contributed by atoms with E-state index < -0.39 is 10.8 Å². The largest absolute Gasteiger partial charge is 0.317 e. The molecule has 0 radical (unpaired) electrons. The number of nitrogens with zero attached hydrogens (tertiary/aromatic N) is 2. The maximum absolute atomic E-state index is 10.8. The summed E-state index contributed by atoms with van der Waals surface area (Å²) in [5.74, 6) is -1.01. The number of nitroso groups, excluding NO2 is 1. The number of non-ortho nitro benzene ring substituents is 1. The fourth-order valence-electron chi connectivity index (χ4n) is 0.856. The molecule has 6 nitrogen and oxygen atoms in total. The van der Waals surface area contributed by atoms with Gasteiger partial charge in [-0.05, 0) is 28.7 Å². The number of nitro groups is 1. The Balaban J connectivity index is 3.26. The predicted octanol–water partition coefficient (Wildman–Crippen LogP) is 2.11. The lowest BCUT2D eigenvalue weighted by Crippen LogP contribution is -1.97. The van der Waals surface area contributed by atoms with Gasteiger partial charge in [0.2, 0.25) is 0 Å². The third kappa shape index (κ3) is 2.31. The minimum Gasteiger partial charge on any atom is -0.263 e. The zero-order valence-electron chi connectivity index (χ0n) is 6.64. The molecule has 0 aliphatic carbocycles. The topological polar surface area (TPSA) is 89.6 Å². The highest BCUT2D eigenvalue weighted by molar-refractivity contribution is 14.1. The summed E-state index contributed by atoms with van der Waals surface area (Å²) in [6, 6.07) is 3.67. The Hall–Kier alpha value is -1.38. The van der Waals surface area contributed by atoms with Crippen molar-refractivity contribution in [2.45, 2.75) is 0 Å². The molecule has 0 aliphatic heterocycles. The van der Waals surface area contributed by atoms with Crippen LogP contribution in [0.3, 0.4) is 0 Å². The Bertz CT molecular complexity index is 418. The number of carbonyl (C=O) groups is 1. The Kier molecular flexibility index (Phi) is 3.23. The number of rotatable bonds is 2. The van der Waals surface area contributed by atoms with E-state index in [9.17, 15) is 19.8 Å². The lowest BCUT2D eigenvalue weighted by atomic mass is 10.2. The van der Waals surface area contributed by atoms with Gasteiger partial charge >= 0.3 is 5.91 Å². The number of halogens is 1. The molecule has 1 rings (SSSR count). The second kappa shape index (κ2) is 4.22. The van der Waals surface area contributed by atoms with Crippen LogP contribution in [0, 0.1) is 18.6 Å². The van der Waals surface area contributed by atoms with Crippen molar-refractivity contribution in [3.63, 3.8) is 0 Å². The van der Waals surface area contributed by atoms with E-state index in [0.29, 0.717) is 3.57 Å². The highest BCUT2D eigenvalue weighted by Gasteiger charge is 2.13. The molecule has 1 aromatic rings. The number of amides is 1. The van der Waals surface area contributed by atoms with Crippen LogP contribution >= 0.6 is 22.6 Å². The van der Waals surface area contributed by atoms with Crippen molar-refractivity contribution >= 4 is 34.2 Å². The lowest BCUT2D eigenvalue weighted by Gasteiger charge is -1.95. The second-order valence-corrected chi connectivity index (χ2v) is 3.60. The van der Waals surface area contributed by atoms with Crippen LogP contribution in [0.25, 0.3) is 0 Å². The minimum absolute atomic E-state index is 0.0707.